The van der Waals surface area contributed by atoms with Crippen molar-refractivity contribution in [2.24, 2.45) is 0 Å². The van der Waals surface area contributed by atoms with Crippen molar-refractivity contribution in [3.63, 3.8) is 0 Å². The Morgan fingerprint density at radius 1 is 1.21 bits per heavy atom. The number of hydrogen-bond acceptors (Lipinski definition) is 5. The van der Waals surface area contributed by atoms with E-state index in [-0.39, 0.29) is 11.3 Å². The lowest BCUT2D eigenvalue weighted by molar-refractivity contribution is -0.274. The predicted octanol–water partition coefficient (Wildman–Crippen LogP) is 3.25. The standard InChI is InChI=1S/C22H19F5N4O3/c23-21(24)9-16(10-28)31(13-21)19(32)12-30-20(33)18-7-8-29-11-15(18)4-1-14-2-5-17(6-3-14)34-22(25,26)27/h2-3,5-8,11,16H,1,4,9,12-13H2,(H,30,33). The maximum Gasteiger partial charge on any atom is 0.573 e. The number of nitrogens with one attached hydrogen (secondary N) is 1. The van der Waals surface area contributed by atoms with Gasteiger partial charge in [-0.1, -0.05) is 12.1 Å². The molecule has 1 N–H and O–H groups in total. The number of aryl methyl sites for hydroxylation is 2. The monoisotopic (exact) mass is 482 g/mol. The van der Waals surface area contributed by atoms with Crippen molar-refractivity contribution < 1.29 is 36.3 Å². The maximum absolute atomic E-state index is 13.5. The average Bonchev–Trinajstić information content (AvgIpc) is 3.10. The van der Waals surface area contributed by atoms with E-state index in [2.05, 4.69) is 15.0 Å². The topological polar surface area (TPSA) is 95.3 Å². The first-order chi connectivity index (χ1) is 16.0. The van der Waals surface area contributed by atoms with E-state index in [1.807, 2.05) is 0 Å². The molecule has 1 atom stereocenters. The van der Waals surface area contributed by atoms with Crippen LogP contribution < -0.4 is 10.1 Å². The lowest BCUT2D eigenvalue weighted by atomic mass is 10.0. The molecule has 1 saturated heterocycles. The van der Waals surface area contributed by atoms with Gasteiger partial charge in [0.25, 0.3) is 11.8 Å². The van der Waals surface area contributed by atoms with Crippen molar-refractivity contribution in [1.29, 1.82) is 5.26 Å². The number of aromatic nitrogens is 1. The number of halogens is 5. The number of likely N-dealkylation sites (tertiary alicyclic amines) is 1. The summed E-state index contributed by atoms with van der Waals surface area (Å²) >= 11 is 0. The molecule has 7 nitrogen and oxygen atoms in total. The number of carbonyl (C=O) groups is 2. The first-order valence-corrected chi connectivity index (χ1v) is 10.1. The second-order valence-corrected chi connectivity index (χ2v) is 7.63. The van der Waals surface area contributed by atoms with E-state index >= 15 is 0 Å². The highest BCUT2D eigenvalue weighted by Crippen LogP contribution is 2.31. The van der Waals surface area contributed by atoms with Crippen LogP contribution in [0.4, 0.5) is 22.0 Å². The molecule has 1 aromatic heterocycles. The maximum atomic E-state index is 13.5. The van der Waals surface area contributed by atoms with Crippen LogP contribution in [0.3, 0.4) is 0 Å². The van der Waals surface area contributed by atoms with Gasteiger partial charge < -0.3 is 15.0 Å². The smallest absolute Gasteiger partial charge is 0.406 e. The first kappa shape index (κ1) is 24.9. The first-order valence-electron chi connectivity index (χ1n) is 10.1. The number of rotatable bonds is 7. The third kappa shape index (κ3) is 6.63. The number of alkyl halides is 5. The summed E-state index contributed by atoms with van der Waals surface area (Å²) < 4.78 is 67.7. The SMILES string of the molecule is N#CC1CC(F)(F)CN1C(=O)CNC(=O)c1ccncc1CCc1ccc(OC(F)(F)F)cc1. The van der Waals surface area contributed by atoms with Crippen molar-refractivity contribution in [1.82, 2.24) is 15.2 Å². The van der Waals surface area contributed by atoms with Crippen molar-refractivity contribution in [3.8, 4) is 11.8 Å². The van der Waals surface area contributed by atoms with E-state index in [0.717, 1.165) is 4.90 Å². The van der Waals surface area contributed by atoms with Gasteiger partial charge >= 0.3 is 6.36 Å². The van der Waals surface area contributed by atoms with E-state index in [9.17, 15) is 31.5 Å². The third-order valence-corrected chi connectivity index (χ3v) is 5.13. The third-order valence-electron chi connectivity index (χ3n) is 5.13. The van der Waals surface area contributed by atoms with Gasteiger partial charge in [-0.3, -0.25) is 14.6 Å². The van der Waals surface area contributed by atoms with Gasteiger partial charge in [-0.2, -0.15) is 5.26 Å². The fourth-order valence-corrected chi connectivity index (χ4v) is 3.53. The number of nitriles is 1. The summed E-state index contributed by atoms with van der Waals surface area (Å²) in [6.45, 7) is -1.44. The van der Waals surface area contributed by atoms with Crippen LogP contribution in [-0.2, 0) is 17.6 Å². The molecule has 0 bridgehead atoms. The summed E-state index contributed by atoms with van der Waals surface area (Å²) in [6, 6.07) is 7.13. The Bertz CT molecular complexity index is 1080. The van der Waals surface area contributed by atoms with Gasteiger partial charge in [0.15, 0.2) is 0 Å². The van der Waals surface area contributed by atoms with E-state index in [1.165, 1.54) is 42.7 Å². The molecule has 0 radical (unpaired) electrons. The van der Waals surface area contributed by atoms with Gasteiger partial charge in [0.2, 0.25) is 5.91 Å². The van der Waals surface area contributed by atoms with Crippen LogP contribution >= 0.6 is 0 Å². The molecule has 0 saturated carbocycles. The van der Waals surface area contributed by atoms with Crippen molar-refractivity contribution in [2.45, 2.75) is 37.6 Å². The van der Waals surface area contributed by atoms with E-state index in [1.54, 1.807) is 6.07 Å². The second kappa shape index (κ2) is 10.0. The van der Waals surface area contributed by atoms with Crippen LogP contribution in [0, 0.1) is 11.3 Å². The fraction of sp³-hybridized carbons (Fsp3) is 0.364. The Morgan fingerprint density at radius 2 is 1.91 bits per heavy atom. The van der Waals surface area contributed by atoms with Crippen LogP contribution in [0.5, 0.6) is 5.75 Å². The van der Waals surface area contributed by atoms with Gasteiger partial charge in [0, 0.05) is 24.4 Å². The highest BCUT2D eigenvalue weighted by atomic mass is 19.4. The van der Waals surface area contributed by atoms with Crippen LogP contribution in [0.1, 0.15) is 27.9 Å². The molecule has 1 fully saturated rings. The van der Waals surface area contributed by atoms with Gasteiger partial charge in [-0.25, -0.2) is 8.78 Å². The number of ether oxygens (including phenoxy) is 1. The summed E-state index contributed by atoms with van der Waals surface area (Å²) in [5, 5.41) is 11.4. The molecular weight excluding hydrogens is 463 g/mol. The lowest BCUT2D eigenvalue weighted by Gasteiger charge is -2.19. The Hall–Kier alpha value is -3.75. The van der Waals surface area contributed by atoms with Crippen LogP contribution in [-0.4, -0.2) is 53.1 Å². The zero-order valence-electron chi connectivity index (χ0n) is 17.6. The molecule has 0 aliphatic carbocycles. The van der Waals surface area contributed by atoms with E-state index in [0.29, 0.717) is 24.0 Å². The number of benzene rings is 1. The number of nitrogens with zero attached hydrogens (tertiary/aromatic N) is 3. The quantitative estimate of drug-likeness (QED) is 0.612. The predicted molar refractivity (Wildman–Crippen MR) is 108 cm³/mol. The summed E-state index contributed by atoms with van der Waals surface area (Å²) in [6.07, 6.45) is -2.02. The highest BCUT2D eigenvalue weighted by Gasteiger charge is 2.47. The van der Waals surface area contributed by atoms with Crippen LogP contribution in [0.25, 0.3) is 0 Å². The largest absolute Gasteiger partial charge is 0.573 e. The molecule has 1 unspecified atom stereocenters. The second-order valence-electron chi connectivity index (χ2n) is 7.63. The van der Waals surface area contributed by atoms with Crippen molar-refractivity contribution >= 4 is 11.8 Å². The van der Waals surface area contributed by atoms with Crippen molar-refractivity contribution in [2.75, 3.05) is 13.1 Å². The van der Waals surface area contributed by atoms with Gasteiger partial charge in [0.05, 0.1) is 19.2 Å². The summed E-state index contributed by atoms with van der Waals surface area (Å²) in [7, 11) is 0. The molecule has 2 heterocycles. The van der Waals surface area contributed by atoms with Crippen LogP contribution in [0.15, 0.2) is 42.7 Å². The number of carbonyl (C=O) groups excluding carboxylic acids is 2. The minimum Gasteiger partial charge on any atom is -0.406 e. The highest BCUT2D eigenvalue weighted by molar-refractivity contribution is 5.97. The molecule has 2 aromatic rings. The Kier molecular flexibility index (Phi) is 7.34. The molecular formula is C22H19F5N4O3. The molecule has 2 amide bonds. The summed E-state index contributed by atoms with van der Waals surface area (Å²) in [5.41, 5.74) is 1.42. The summed E-state index contributed by atoms with van der Waals surface area (Å²) in [5.74, 6) is -4.93. The summed E-state index contributed by atoms with van der Waals surface area (Å²) in [4.78, 5) is 29.6. The molecule has 1 aliphatic heterocycles. The number of pyridine rings is 1. The van der Waals surface area contributed by atoms with Gasteiger partial charge in [-0.05, 0) is 42.2 Å². The molecule has 12 heteroatoms. The Labute approximate surface area is 191 Å². The molecule has 1 aliphatic rings. The molecule has 0 spiro atoms. The van der Waals surface area contributed by atoms with Crippen molar-refractivity contribution in [3.05, 3.63) is 59.4 Å². The Balaban J connectivity index is 1.59. The molecule has 180 valence electrons. The minimum atomic E-state index is -4.79. The average molecular weight is 482 g/mol. The number of amides is 2. The van der Waals surface area contributed by atoms with Gasteiger partial charge in [0.1, 0.15) is 11.8 Å². The zero-order valence-corrected chi connectivity index (χ0v) is 17.6. The minimum absolute atomic E-state index is 0.211. The Morgan fingerprint density at radius 3 is 2.56 bits per heavy atom. The lowest BCUT2D eigenvalue weighted by Crippen LogP contribution is -2.43. The zero-order chi connectivity index (χ0) is 24.9. The normalized spacial score (nSPS) is 17.2. The number of hydrogen-bond donors (Lipinski definition) is 1. The molecule has 34 heavy (non-hydrogen) atoms. The van der Waals surface area contributed by atoms with E-state index in [4.69, 9.17) is 5.26 Å². The van der Waals surface area contributed by atoms with E-state index < -0.39 is 49.7 Å². The fourth-order valence-electron chi connectivity index (χ4n) is 3.53. The van der Waals surface area contributed by atoms with Crippen LogP contribution in [0.2, 0.25) is 0 Å². The molecule has 1 aromatic carbocycles. The molecule has 3 rings (SSSR count). The van der Waals surface area contributed by atoms with Gasteiger partial charge in [-0.15, -0.1) is 13.2 Å².